The van der Waals surface area contributed by atoms with E-state index in [1.807, 2.05) is 0 Å². The van der Waals surface area contributed by atoms with Crippen LogP contribution in [0.2, 0.25) is 0 Å². The molecule has 2 aliphatic rings. The normalized spacial score (nSPS) is 33.0. The zero-order valence-electron chi connectivity index (χ0n) is 22.3. The van der Waals surface area contributed by atoms with Crippen molar-refractivity contribution in [3.05, 3.63) is 40.6 Å². The summed E-state index contributed by atoms with van der Waals surface area (Å²) in [6.45, 7) is 0.822. The van der Waals surface area contributed by atoms with Crippen LogP contribution in [0.15, 0.2) is 39.5 Å². The Morgan fingerprint density at radius 3 is 2.21 bits per heavy atom. The molecule has 0 bridgehead atoms. The predicted molar refractivity (Wildman–Crippen MR) is 140 cm³/mol. The lowest BCUT2D eigenvalue weighted by Crippen LogP contribution is -2.61. The van der Waals surface area contributed by atoms with Crippen molar-refractivity contribution in [3.63, 3.8) is 0 Å². The van der Waals surface area contributed by atoms with Gasteiger partial charge < -0.3 is 74.4 Å². The van der Waals surface area contributed by atoms with Crippen LogP contribution in [-0.4, -0.2) is 119 Å². The maximum absolute atomic E-state index is 13.6. The Morgan fingerprint density at radius 1 is 0.791 bits per heavy atom. The highest BCUT2D eigenvalue weighted by Gasteiger charge is 2.48. The van der Waals surface area contributed by atoms with E-state index in [-0.39, 0.29) is 16.9 Å². The van der Waals surface area contributed by atoms with Gasteiger partial charge in [0.25, 0.3) is 0 Å². The smallest absolute Gasteiger partial charge is 0.239 e. The molecule has 0 amide bonds. The molecule has 234 valence electrons. The van der Waals surface area contributed by atoms with Gasteiger partial charge in [-0.3, -0.25) is 4.79 Å². The lowest BCUT2D eigenvalue weighted by molar-refractivity contribution is -0.320. The Labute approximate surface area is 241 Å². The summed E-state index contributed by atoms with van der Waals surface area (Å²) in [5.74, 6) is -3.19. The number of aliphatic hydroxyl groups excluding tert-OH is 6. The van der Waals surface area contributed by atoms with Gasteiger partial charge in [-0.15, -0.1) is 0 Å². The topological polar surface area (TPSA) is 269 Å². The number of phenolic OH excluding ortho intramolecular Hbond substituents is 4. The SMILES string of the molecule is C[C@H]1O[C@H](OC[C@H]2O[C@@H](O)[C@H](O)[C@@H](O)[C@@H]2O)[C@@H](O)[C@@H](Oc2c(-c3ccc(O)c(O)c3)oc3cc(O)cc(O)c3c2=O)[C@@H]1O. The third kappa shape index (κ3) is 5.67. The second-order valence-corrected chi connectivity index (χ2v) is 10.3. The molecule has 0 aliphatic carbocycles. The van der Waals surface area contributed by atoms with Crippen molar-refractivity contribution in [2.75, 3.05) is 6.61 Å². The average Bonchev–Trinajstić information content (AvgIpc) is 2.95. The maximum atomic E-state index is 13.6. The number of benzene rings is 2. The summed E-state index contributed by atoms with van der Waals surface area (Å²) in [5, 5.41) is 101. The molecule has 2 aromatic carbocycles. The molecule has 0 unspecified atom stereocenters. The first-order chi connectivity index (χ1) is 20.3. The van der Waals surface area contributed by atoms with Crippen LogP contribution in [0.3, 0.4) is 0 Å². The molecular weight excluding hydrogens is 580 g/mol. The third-order valence-electron chi connectivity index (χ3n) is 7.30. The summed E-state index contributed by atoms with van der Waals surface area (Å²) >= 11 is 0. The van der Waals surface area contributed by atoms with Gasteiger partial charge in [-0.2, -0.15) is 0 Å². The van der Waals surface area contributed by atoms with Crippen LogP contribution in [0, 0.1) is 0 Å². The molecule has 1 aromatic heterocycles. The van der Waals surface area contributed by atoms with Crippen LogP contribution in [-0.2, 0) is 14.2 Å². The molecule has 16 nitrogen and oxygen atoms in total. The number of hydrogen-bond acceptors (Lipinski definition) is 16. The molecule has 3 aromatic rings. The van der Waals surface area contributed by atoms with Gasteiger partial charge in [0.1, 0.15) is 59.1 Å². The minimum absolute atomic E-state index is 0.00763. The lowest BCUT2D eigenvalue weighted by Gasteiger charge is -2.42. The highest BCUT2D eigenvalue weighted by atomic mass is 16.7. The molecule has 10 atom stereocenters. The average molecular weight is 611 g/mol. The van der Waals surface area contributed by atoms with Gasteiger partial charge in [0.05, 0.1) is 12.7 Å². The van der Waals surface area contributed by atoms with Crippen LogP contribution < -0.4 is 10.2 Å². The fourth-order valence-electron chi connectivity index (χ4n) is 4.90. The number of rotatable bonds is 6. The van der Waals surface area contributed by atoms with Crippen LogP contribution >= 0.6 is 0 Å². The first kappa shape index (κ1) is 30.7. The first-order valence-corrected chi connectivity index (χ1v) is 13.0. The maximum Gasteiger partial charge on any atom is 0.239 e. The van der Waals surface area contributed by atoms with Crippen molar-refractivity contribution in [1.82, 2.24) is 0 Å². The van der Waals surface area contributed by atoms with Crippen LogP contribution in [0.1, 0.15) is 6.92 Å². The summed E-state index contributed by atoms with van der Waals surface area (Å²) in [7, 11) is 0. The van der Waals surface area contributed by atoms with E-state index in [0.717, 1.165) is 24.3 Å². The standard InChI is InChI=1S/C27H30O16/c1-8-17(32)24(22(37)27(40-8)39-7-15-18(33)20(35)21(36)26(38)42-15)43-25-19(34)16-13(31)5-10(28)6-14(16)41-23(25)9-2-3-11(29)12(30)4-9/h2-6,8,15,17-18,20-22,24,26-33,35-38H,7H2,1H3/t8-,15-,17-,18-,20+,21-,22+,24+,26-,27+/m1/s1. The zero-order valence-corrected chi connectivity index (χ0v) is 22.3. The summed E-state index contributed by atoms with van der Waals surface area (Å²) in [6, 6.07) is 5.32. The van der Waals surface area contributed by atoms with Crippen LogP contribution in [0.4, 0.5) is 0 Å². The molecule has 3 heterocycles. The quantitative estimate of drug-likeness (QED) is 0.140. The fourth-order valence-corrected chi connectivity index (χ4v) is 4.90. The van der Waals surface area contributed by atoms with Gasteiger partial charge in [0.15, 0.2) is 35.9 Å². The van der Waals surface area contributed by atoms with E-state index in [1.165, 1.54) is 13.0 Å². The van der Waals surface area contributed by atoms with E-state index in [2.05, 4.69) is 0 Å². The van der Waals surface area contributed by atoms with E-state index >= 15 is 0 Å². The summed E-state index contributed by atoms with van der Waals surface area (Å²) < 4.78 is 27.7. The van der Waals surface area contributed by atoms with E-state index < -0.39 is 108 Å². The summed E-state index contributed by atoms with van der Waals surface area (Å²) in [4.78, 5) is 13.6. The van der Waals surface area contributed by atoms with Crippen molar-refractivity contribution < 1.29 is 74.4 Å². The molecule has 16 heteroatoms. The minimum Gasteiger partial charge on any atom is -0.508 e. The number of ether oxygens (including phenoxy) is 4. The van der Waals surface area contributed by atoms with E-state index in [9.17, 15) is 55.9 Å². The molecule has 2 aliphatic heterocycles. The molecule has 0 radical (unpaired) electrons. The molecular formula is C27H30O16. The van der Waals surface area contributed by atoms with Crippen molar-refractivity contribution in [2.45, 2.75) is 68.3 Å². The number of aliphatic hydroxyl groups is 6. The number of aromatic hydroxyl groups is 4. The highest BCUT2D eigenvalue weighted by molar-refractivity contribution is 5.88. The monoisotopic (exact) mass is 610 g/mol. The fraction of sp³-hybridized carbons (Fsp3) is 0.444. The predicted octanol–water partition coefficient (Wildman–Crippen LogP) is -1.69. The third-order valence-corrected chi connectivity index (χ3v) is 7.30. The van der Waals surface area contributed by atoms with E-state index in [4.69, 9.17) is 23.4 Å². The second kappa shape index (κ2) is 11.8. The molecule has 0 spiro atoms. The van der Waals surface area contributed by atoms with Gasteiger partial charge in [-0.05, 0) is 25.1 Å². The highest BCUT2D eigenvalue weighted by Crippen LogP contribution is 2.39. The summed E-state index contributed by atoms with van der Waals surface area (Å²) in [6.07, 6.45) is -16.2. The molecule has 5 rings (SSSR count). The Morgan fingerprint density at radius 2 is 1.51 bits per heavy atom. The Hall–Kier alpha value is -3.71. The molecule has 10 N–H and O–H groups in total. The van der Waals surface area contributed by atoms with Gasteiger partial charge in [0, 0.05) is 17.7 Å². The van der Waals surface area contributed by atoms with Crippen LogP contribution in [0.5, 0.6) is 28.7 Å². The number of hydrogen-bond donors (Lipinski definition) is 10. The van der Waals surface area contributed by atoms with Gasteiger partial charge >= 0.3 is 0 Å². The zero-order chi connectivity index (χ0) is 31.3. The number of fused-ring (bicyclic) bond motifs is 1. The Balaban J connectivity index is 1.49. The molecule has 43 heavy (non-hydrogen) atoms. The van der Waals surface area contributed by atoms with E-state index in [0.29, 0.717) is 0 Å². The second-order valence-electron chi connectivity index (χ2n) is 10.3. The molecule has 2 fully saturated rings. The van der Waals surface area contributed by atoms with Gasteiger partial charge in [-0.25, -0.2) is 0 Å². The van der Waals surface area contributed by atoms with Gasteiger partial charge in [0.2, 0.25) is 11.2 Å². The van der Waals surface area contributed by atoms with Crippen molar-refractivity contribution in [1.29, 1.82) is 0 Å². The van der Waals surface area contributed by atoms with Crippen molar-refractivity contribution in [3.8, 4) is 40.1 Å². The first-order valence-electron chi connectivity index (χ1n) is 13.0. The van der Waals surface area contributed by atoms with Crippen LogP contribution in [0.25, 0.3) is 22.3 Å². The number of phenols is 4. The largest absolute Gasteiger partial charge is 0.508 e. The Bertz CT molecular complexity index is 1540. The van der Waals surface area contributed by atoms with E-state index in [1.54, 1.807) is 0 Å². The Kier molecular flexibility index (Phi) is 8.41. The molecule has 0 saturated carbocycles. The van der Waals surface area contributed by atoms with Crippen molar-refractivity contribution >= 4 is 11.0 Å². The minimum atomic E-state index is -1.84. The van der Waals surface area contributed by atoms with Crippen molar-refractivity contribution in [2.24, 2.45) is 0 Å². The van der Waals surface area contributed by atoms with Gasteiger partial charge in [-0.1, -0.05) is 0 Å². The lowest BCUT2D eigenvalue weighted by atomic mass is 9.98. The molecule has 2 saturated heterocycles. The summed E-state index contributed by atoms with van der Waals surface area (Å²) in [5.41, 5.74) is -1.27.